The number of anilines is 2. The van der Waals surface area contributed by atoms with Crippen LogP contribution in [-0.2, 0) is 9.53 Å². The van der Waals surface area contributed by atoms with Crippen LogP contribution in [0.1, 0.15) is 25.1 Å². The Hall–Kier alpha value is -4.14. The highest BCUT2D eigenvalue weighted by Crippen LogP contribution is 2.33. The monoisotopic (exact) mass is 438 g/mol. The van der Waals surface area contributed by atoms with Crippen LogP contribution in [0.2, 0.25) is 0 Å². The molecule has 2 aromatic rings. The van der Waals surface area contributed by atoms with Crippen molar-refractivity contribution in [1.82, 2.24) is 10.3 Å². The maximum Gasteiger partial charge on any atom is 0.411 e. The van der Waals surface area contributed by atoms with E-state index in [-0.39, 0.29) is 18.2 Å². The van der Waals surface area contributed by atoms with Crippen molar-refractivity contribution < 1.29 is 24.2 Å². The molecular formula is C23H26N4O5. The summed E-state index contributed by atoms with van der Waals surface area (Å²) in [6.45, 7) is 9.13. The van der Waals surface area contributed by atoms with Gasteiger partial charge in [-0.3, -0.25) is 15.1 Å². The van der Waals surface area contributed by atoms with Crippen LogP contribution < -0.4 is 16.0 Å². The molecule has 0 aliphatic rings. The Morgan fingerprint density at radius 2 is 1.94 bits per heavy atom. The van der Waals surface area contributed by atoms with Crippen molar-refractivity contribution in [1.29, 1.82) is 0 Å². The fourth-order valence-electron chi connectivity index (χ4n) is 3.01. The molecule has 0 saturated carbocycles. The summed E-state index contributed by atoms with van der Waals surface area (Å²) in [7, 11) is 1.25. The number of benzene rings is 1. The maximum absolute atomic E-state index is 12.2. The van der Waals surface area contributed by atoms with E-state index in [9.17, 15) is 19.5 Å². The normalized spacial score (nSPS) is 12.1. The first-order valence-electron chi connectivity index (χ1n) is 9.77. The van der Waals surface area contributed by atoms with Crippen LogP contribution in [0.15, 0.2) is 61.8 Å². The van der Waals surface area contributed by atoms with Gasteiger partial charge in [-0.15, -0.1) is 13.2 Å². The molecule has 1 aromatic carbocycles. The highest BCUT2D eigenvalue weighted by molar-refractivity contribution is 5.98. The van der Waals surface area contributed by atoms with Gasteiger partial charge in [0.05, 0.1) is 24.5 Å². The first kappa shape index (κ1) is 24.1. The van der Waals surface area contributed by atoms with E-state index < -0.39 is 18.2 Å². The lowest BCUT2D eigenvalue weighted by atomic mass is 9.95. The molecule has 9 heteroatoms. The van der Waals surface area contributed by atoms with Crippen molar-refractivity contribution in [3.63, 3.8) is 0 Å². The zero-order valence-electron chi connectivity index (χ0n) is 17.9. The molecule has 0 aliphatic heterocycles. The van der Waals surface area contributed by atoms with Crippen LogP contribution in [-0.4, -0.2) is 35.3 Å². The number of nitrogens with one attached hydrogen (secondary N) is 3. The number of aromatic nitrogens is 1. The molecule has 1 aromatic heterocycles. The lowest BCUT2D eigenvalue weighted by Crippen LogP contribution is -2.31. The number of rotatable bonds is 9. The van der Waals surface area contributed by atoms with E-state index in [4.69, 9.17) is 0 Å². The Kier molecular flexibility index (Phi) is 8.53. The molecule has 2 atom stereocenters. The highest BCUT2D eigenvalue weighted by atomic mass is 16.5. The van der Waals surface area contributed by atoms with E-state index in [1.807, 2.05) is 6.92 Å². The van der Waals surface area contributed by atoms with Crippen LogP contribution in [0.3, 0.4) is 0 Å². The average molecular weight is 438 g/mol. The van der Waals surface area contributed by atoms with Crippen LogP contribution >= 0.6 is 0 Å². The minimum absolute atomic E-state index is 0.108. The average Bonchev–Trinajstić information content (AvgIpc) is 2.77. The summed E-state index contributed by atoms with van der Waals surface area (Å²) in [5, 5.41) is 17.1. The number of amides is 3. The molecule has 1 heterocycles. The lowest BCUT2D eigenvalue weighted by Gasteiger charge is -2.22. The van der Waals surface area contributed by atoms with Gasteiger partial charge in [-0.2, -0.15) is 0 Å². The highest BCUT2D eigenvalue weighted by Gasteiger charge is 2.21. The quantitative estimate of drug-likeness (QED) is 0.424. The first-order chi connectivity index (χ1) is 15.3. The number of methoxy groups -OCH3 is 1. The number of pyridine rings is 1. The molecular weight excluding hydrogens is 412 g/mol. The Morgan fingerprint density at radius 3 is 2.56 bits per heavy atom. The molecule has 0 aliphatic carbocycles. The number of ether oxygens (including phenoxy) is 1. The number of hydrogen-bond donors (Lipinski definition) is 4. The minimum Gasteiger partial charge on any atom is -0.465 e. The number of carbonyl (C=O) groups excluding carboxylic acids is 2. The minimum atomic E-state index is -1.17. The summed E-state index contributed by atoms with van der Waals surface area (Å²) in [5.74, 6) is -0.497. The second-order valence-electron chi connectivity index (χ2n) is 6.91. The molecule has 168 valence electrons. The molecule has 9 nitrogen and oxygen atoms in total. The fourth-order valence-corrected chi connectivity index (χ4v) is 3.01. The second-order valence-corrected chi connectivity index (χ2v) is 6.91. The summed E-state index contributed by atoms with van der Waals surface area (Å²) in [6, 6.07) is 7.87. The van der Waals surface area contributed by atoms with Gasteiger partial charge in [-0.1, -0.05) is 25.1 Å². The molecule has 0 fully saturated rings. The van der Waals surface area contributed by atoms with E-state index in [1.54, 1.807) is 42.6 Å². The number of carbonyl (C=O) groups is 3. The standard InChI is InChI=1S/C23H26N4O5/c1-5-7-20(28)26-18-13-16(25-23(31)32-4)8-9-17(18)15-10-11-24-19(12-15)21(14(3)6-2)27-22(29)30/h5-6,8-14,21,27H,1-2,7H2,3-4H3,(H,25,31)(H,26,28)(H,29,30)/t14?,21-/m0/s1. The maximum atomic E-state index is 12.2. The number of nitrogens with zero attached hydrogens (tertiary/aromatic N) is 1. The van der Waals surface area contributed by atoms with Gasteiger partial charge in [0.2, 0.25) is 5.91 Å². The summed E-state index contributed by atoms with van der Waals surface area (Å²) in [4.78, 5) is 39.4. The van der Waals surface area contributed by atoms with Gasteiger partial charge < -0.3 is 20.5 Å². The molecule has 2 rings (SSSR count). The van der Waals surface area contributed by atoms with Gasteiger partial charge >= 0.3 is 12.2 Å². The van der Waals surface area contributed by atoms with Crippen molar-refractivity contribution >= 4 is 29.5 Å². The second kappa shape index (κ2) is 11.3. The van der Waals surface area contributed by atoms with Crippen molar-refractivity contribution in [3.05, 3.63) is 67.5 Å². The third-order valence-corrected chi connectivity index (χ3v) is 4.64. The third kappa shape index (κ3) is 6.43. The van der Waals surface area contributed by atoms with Gasteiger partial charge in [0.15, 0.2) is 0 Å². The van der Waals surface area contributed by atoms with Crippen LogP contribution in [0.25, 0.3) is 11.1 Å². The molecule has 1 unspecified atom stereocenters. The Morgan fingerprint density at radius 1 is 1.19 bits per heavy atom. The van der Waals surface area contributed by atoms with Crippen molar-refractivity contribution in [2.24, 2.45) is 5.92 Å². The van der Waals surface area contributed by atoms with Gasteiger partial charge in [-0.05, 0) is 35.7 Å². The largest absolute Gasteiger partial charge is 0.465 e. The Balaban J connectivity index is 2.52. The van der Waals surface area contributed by atoms with Crippen molar-refractivity contribution in [3.8, 4) is 11.1 Å². The predicted octanol–water partition coefficient (Wildman–Crippen LogP) is 4.57. The topological polar surface area (TPSA) is 130 Å². The van der Waals surface area contributed by atoms with Crippen LogP contribution in [0, 0.1) is 5.92 Å². The summed E-state index contributed by atoms with van der Waals surface area (Å²) < 4.78 is 4.61. The van der Waals surface area contributed by atoms with Gasteiger partial charge in [0.25, 0.3) is 0 Å². The van der Waals surface area contributed by atoms with Crippen LogP contribution in [0.5, 0.6) is 0 Å². The molecule has 0 radical (unpaired) electrons. The summed E-state index contributed by atoms with van der Waals surface area (Å²) in [6.07, 6.45) is 2.97. The Labute approximate surface area is 186 Å². The zero-order valence-corrected chi connectivity index (χ0v) is 17.9. The van der Waals surface area contributed by atoms with Crippen molar-refractivity contribution in [2.45, 2.75) is 19.4 Å². The molecule has 32 heavy (non-hydrogen) atoms. The van der Waals surface area contributed by atoms with Gasteiger partial charge in [-0.25, -0.2) is 9.59 Å². The molecule has 3 amide bonds. The van der Waals surface area contributed by atoms with E-state index in [2.05, 4.69) is 38.8 Å². The molecule has 0 saturated heterocycles. The summed E-state index contributed by atoms with van der Waals surface area (Å²) in [5.41, 5.74) is 2.72. The van der Waals surface area contributed by atoms with Gasteiger partial charge in [0, 0.05) is 23.9 Å². The first-order valence-corrected chi connectivity index (χ1v) is 9.77. The SMILES string of the molecule is C=CCC(=O)Nc1cc(NC(=O)OC)ccc1-c1ccnc([C@@H](NC(=O)O)C(C)C=C)c1. The zero-order chi connectivity index (χ0) is 23.7. The van der Waals surface area contributed by atoms with E-state index in [0.29, 0.717) is 28.2 Å². The van der Waals surface area contributed by atoms with E-state index in [0.717, 1.165) is 0 Å². The van der Waals surface area contributed by atoms with Crippen LogP contribution in [0.4, 0.5) is 21.0 Å². The predicted molar refractivity (Wildman–Crippen MR) is 122 cm³/mol. The van der Waals surface area contributed by atoms with E-state index >= 15 is 0 Å². The number of hydrogen-bond acceptors (Lipinski definition) is 5. The summed E-state index contributed by atoms with van der Waals surface area (Å²) >= 11 is 0. The number of carboxylic acid groups (broad SMARTS) is 1. The molecule has 0 spiro atoms. The Bertz CT molecular complexity index is 1020. The smallest absolute Gasteiger partial charge is 0.411 e. The molecule has 4 N–H and O–H groups in total. The molecule has 0 bridgehead atoms. The van der Waals surface area contributed by atoms with Crippen molar-refractivity contribution in [2.75, 3.05) is 17.7 Å². The van der Waals surface area contributed by atoms with Gasteiger partial charge in [0.1, 0.15) is 0 Å². The fraction of sp³-hybridized carbons (Fsp3) is 0.217. The third-order valence-electron chi connectivity index (χ3n) is 4.64. The van der Waals surface area contributed by atoms with E-state index in [1.165, 1.54) is 13.2 Å². The lowest BCUT2D eigenvalue weighted by molar-refractivity contribution is -0.115.